The van der Waals surface area contributed by atoms with Crippen LogP contribution in [0.4, 0.5) is 4.39 Å². The smallest absolute Gasteiger partial charge is 0.275 e. The molecule has 2 aromatic heterocycles. The molecule has 1 unspecified atom stereocenters. The second-order valence-corrected chi connectivity index (χ2v) is 8.79. The summed E-state index contributed by atoms with van der Waals surface area (Å²) in [6.45, 7) is 3.51. The number of aliphatic hydroxyl groups is 1. The van der Waals surface area contributed by atoms with Crippen molar-refractivity contribution in [3.05, 3.63) is 92.6 Å². The van der Waals surface area contributed by atoms with Crippen LogP contribution in [-0.4, -0.2) is 38.3 Å². The molecular weight excluding hydrogens is 459 g/mol. The molecule has 0 saturated heterocycles. The molecule has 0 aliphatic carbocycles. The Morgan fingerprint density at radius 1 is 1.24 bits per heavy atom. The van der Waals surface area contributed by atoms with Gasteiger partial charge in [0, 0.05) is 17.3 Å². The van der Waals surface area contributed by atoms with Crippen molar-refractivity contribution in [3.63, 3.8) is 0 Å². The van der Waals surface area contributed by atoms with E-state index < -0.39 is 23.3 Å². The molecule has 0 aliphatic heterocycles. The van der Waals surface area contributed by atoms with Crippen molar-refractivity contribution in [3.8, 4) is 11.4 Å². The van der Waals surface area contributed by atoms with Crippen LogP contribution in [0.25, 0.3) is 16.9 Å². The molecule has 0 radical (unpaired) electrons. The lowest BCUT2D eigenvalue weighted by atomic mass is 9.99. The maximum atomic E-state index is 13.9. The Hall–Kier alpha value is -3.49. The van der Waals surface area contributed by atoms with E-state index in [2.05, 4.69) is 15.4 Å². The van der Waals surface area contributed by atoms with Crippen LogP contribution in [0.3, 0.4) is 0 Å². The van der Waals surface area contributed by atoms with Crippen molar-refractivity contribution in [1.29, 1.82) is 0 Å². The van der Waals surface area contributed by atoms with Crippen LogP contribution in [-0.2, 0) is 6.42 Å². The molecule has 9 heteroatoms. The second kappa shape index (κ2) is 9.79. The molecule has 1 amide bonds. The quantitative estimate of drug-likeness (QED) is 0.371. The van der Waals surface area contributed by atoms with Crippen LogP contribution in [0.15, 0.2) is 59.5 Å². The number of nitrogens with one attached hydrogen (secondary N) is 2. The van der Waals surface area contributed by atoms with E-state index in [1.54, 1.807) is 6.07 Å². The average molecular weight is 483 g/mol. The summed E-state index contributed by atoms with van der Waals surface area (Å²) in [4.78, 5) is 28.9. The molecule has 0 spiro atoms. The molecule has 34 heavy (non-hydrogen) atoms. The third-order valence-electron chi connectivity index (χ3n) is 5.58. The first-order valence-corrected chi connectivity index (χ1v) is 11.2. The maximum Gasteiger partial charge on any atom is 0.275 e. The molecule has 0 saturated carbocycles. The molecule has 176 valence electrons. The lowest BCUT2D eigenvalue weighted by Gasteiger charge is -2.17. The number of rotatable bonds is 7. The standard InChI is InChI=1S/C25H24ClFN4O3/c1-14(2)21-18(24(33)28-17(13-32)10-15-6-4-3-5-7-15)12-31-22(21)25(34)29-23(30-31)16-8-9-19(26)20(27)11-16/h3-9,11-12,14,17,32H,10,13H2,1-2H3,(H,28,33)(H,29,30,34). The first-order chi connectivity index (χ1) is 16.3. The number of amides is 1. The Morgan fingerprint density at radius 2 is 1.97 bits per heavy atom. The van der Waals surface area contributed by atoms with Gasteiger partial charge in [-0.15, -0.1) is 5.10 Å². The number of carbonyl (C=O) groups excluding carboxylic acids is 1. The van der Waals surface area contributed by atoms with Crippen LogP contribution in [0.1, 0.15) is 41.3 Å². The summed E-state index contributed by atoms with van der Waals surface area (Å²) in [5.41, 5.74) is 1.93. The van der Waals surface area contributed by atoms with Gasteiger partial charge >= 0.3 is 0 Å². The van der Waals surface area contributed by atoms with E-state index in [4.69, 9.17) is 11.6 Å². The Kier molecular flexibility index (Phi) is 6.81. The minimum absolute atomic E-state index is 0.0388. The van der Waals surface area contributed by atoms with Gasteiger partial charge < -0.3 is 15.4 Å². The normalized spacial score (nSPS) is 12.3. The van der Waals surface area contributed by atoms with Gasteiger partial charge in [-0.25, -0.2) is 8.91 Å². The van der Waals surface area contributed by atoms with E-state index in [-0.39, 0.29) is 28.9 Å². The summed E-state index contributed by atoms with van der Waals surface area (Å²) in [5, 5.41) is 17.1. The van der Waals surface area contributed by atoms with E-state index in [0.717, 1.165) is 5.56 Å². The van der Waals surface area contributed by atoms with E-state index in [0.29, 0.717) is 23.1 Å². The van der Waals surface area contributed by atoms with Gasteiger partial charge in [0.05, 0.1) is 23.2 Å². The Morgan fingerprint density at radius 3 is 2.62 bits per heavy atom. The van der Waals surface area contributed by atoms with Crippen molar-refractivity contribution in [2.45, 2.75) is 32.2 Å². The number of halogens is 2. The molecule has 1 atom stereocenters. The fourth-order valence-electron chi connectivity index (χ4n) is 3.97. The first-order valence-electron chi connectivity index (χ1n) is 10.8. The average Bonchev–Trinajstić information content (AvgIpc) is 3.22. The number of carbonyl (C=O) groups is 1. The highest BCUT2D eigenvalue weighted by atomic mass is 35.5. The monoisotopic (exact) mass is 482 g/mol. The molecule has 3 N–H and O–H groups in total. The maximum absolute atomic E-state index is 13.9. The zero-order chi connectivity index (χ0) is 24.4. The Balaban J connectivity index is 1.72. The number of benzene rings is 2. The molecule has 2 aromatic carbocycles. The van der Waals surface area contributed by atoms with Crippen LogP contribution in [0.2, 0.25) is 5.02 Å². The highest BCUT2D eigenvalue weighted by Crippen LogP contribution is 2.26. The number of H-pyrrole nitrogens is 1. The minimum Gasteiger partial charge on any atom is -0.394 e. The number of aromatic nitrogens is 3. The molecule has 2 heterocycles. The predicted molar refractivity (Wildman–Crippen MR) is 129 cm³/mol. The molecular formula is C25H24ClFN4O3. The third-order valence-corrected chi connectivity index (χ3v) is 5.88. The first kappa shape index (κ1) is 23.7. The van der Waals surface area contributed by atoms with Gasteiger partial charge in [-0.1, -0.05) is 55.8 Å². The summed E-state index contributed by atoms with van der Waals surface area (Å²) in [5.74, 6) is -1.06. The zero-order valence-corrected chi connectivity index (χ0v) is 19.4. The highest BCUT2D eigenvalue weighted by Gasteiger charge is 2.24. The largest absolute Gasteiger partial charge is 0.394 e. The summed E-state index contributed by atoms with van der Waals surface area (Å²) in [7, 11) is 0. The fourth-order valence-corrected chi connectivity index (χ4v) is 4.09. The van der Waals surface area contributed by atoms with E-state index in [9.17, 15) is 19.1 Å². The van der Waals surface area contributed by atoms with Gasteiger partial charge in [-0.2, -0.15) is 0 Å². The van der Waals surface area contributed by atoms with Crippen molar-refractivity contribution < 1.29 is 14.3 Å². The number of aliphatic hydroxyl groups excluding tert-OH is 1. The van der Waals surface area contributed by atoms with Gasteiger partial charge in [0.15, 0.2) is 5.82 Å². The minimum atomic E-state index is -0.634. The number of aromatic amines is 1. The highest BCUT2D eigenvalue weighted by molar-refractivity contribution is 6.30. The molecule has 0 bridgehead atoms. The van der Waals surface area contributed by atoms with Gasteiger partial charge in [-0.05, 0) is 36.1 Å². The molecule has 4 aromatic rings. The van der Waals surface area contributed by atoms with E-state index in [1.807, 2.05) is 44.2 Å². The number of fused-ring (bicyclic) bond motifs is 1. The third kappa shape index (κ3) is 4.73. The number of hydrogen-bond donors (Lipinski definition) is 3. The Bertz CT molecular complexity index is 1400. The zero-order valence-electron chi connectivity index (χ0n) is 18.7. The van der Waals surface area contributed by atoms with Gasteiger partial charge in [0.2, 0.25) is 0 Å². The molecule has 4 rings (SSSR count). The van der Waals surface area contributed by atoms with E-state index in [1.165, 1.54) is 22.8 Å². The number of nitrogens with zero attached hydrogens (tertiary/aromatic N) is 2. The van der Waals surface area contributed by atoms with Gasteiger partial charge in [0.25, 0.3) is 11.5 Å². The summed E-state index contributed by atoms with van der Waals surface area (Å²) in [6.07, 6.45) is 1.94. The van der Waals surface area contributed by atoms with Crippen LogP contribution in [0.5, 0.6) is 0 Å². The van der Waals surface area contributed by atoms with E-state index >= 15 is 0 Å². The summed E-state index contributed by atoms with van der Waals surface area (Å²) in [6, 6.07) is 13.1. The van der Waals surface area contributed by atoms with Crippen molar-refractivity contribution in [2.24, 2.45) is 0 Å². The molecule has 0 fully saturated rings. The van der Waals surface area contributed by atoms with Crippen LogP contribution < -0.4 is 10.9 Å². The predicted octanol–water partition coefficient (Wildman–Crippen LogP) is 3.94. The van der Waals surface area contributed by atoms with Gasteiger partial charge in [0.1, 0.15) is 11.3 Å². The lowest BCUT2D eigenvalue weighted by Crippen LogP contribution is -2.39. The SMILES string of the molecule is CC(C)c1c(C(=O)NC(CO)Cc2ccccc2)cn2nc(-c3ccc(Cl)c(F)c3)[nH]c(=O)c12. The summed E-state index contributed by atoms with van der Waals surface area (Å²) >= 11 is 5.76. The van der Waals surface area contributed by atoms with Gasteiger partial charge in [-0.3, -0.25) is 9.59 Å². The van der Waals surface area contributed by atoms with Crippen LogP contribution in [0, 0.1) is 5.82 Å². The fraction of sp³-hybridized carbons (Fsp3) is 0.240. The topological polar surface area (TPSA) is 99.5 Å². The van der Waals surface area contributed by atoms with Crippen molar-refractivity contribution in [2.75, 3.05) is 6.61 Å². The molecule has 0 aliphatic rings. The van der Waals surface area contributed by atoms with Crippen molar-refractivity contribution >= 4 is 23.0 Å². The van der Waals surface area contributed by atoms with Crippen LogP contribution >= 0.6 is 11.6 Å². The number of hydrogen-bond acceptors (Lipinski definition) is 4. The Labute approximate surface area is 200 Å². The second-order valence-electron chi connectivity index (χ2n) is 8.38. The lowest BCUT2D eigenvalue weighted by molar-refractivity contribution is 0.0915. The molecule has 7 nitrogen and oxygen atoms in total. The summed E-state index contributed by atoms with van der Waals surface area (Å²) < 4.78 is 15.3. The van der Waals surface area contributed by atoms with Crippen molar-refractivity contribution in [1.82, 2.24) is 19.9 Å².